The van der Waals surface area contributed by atoms with Crippen LogP contribution in [0.3, 0.4) is 0 Å². The second kappa shape index (κ2) is 14.2. The Balaban J connectivity index is 1.15. The van der Waals surface area contributed by atoms with Gasteiger partial charge >= 0.3 is 0 Å². The number of hydrogen-bond acceptors (Lipinski definition) is 9. The normalized spacial score (nSPS) is 13.1. The number of anilines is 2. The second-order valence-corrected chi connectivity index (χ2v) is 19.9. The van der Waals surface area contributed by atoms with E-state index in [-0.39, 0.29) is 20.6 Å². The number of aryl methyl sites for hydroxylation is 2. The summed E-state index contributed by atoms with van der Waals surface area (Å²) in [6.07, 6.45) is 2.04. The van der Waals surface area contributed by atoms with Gasteiger partial charge in [0.15, 0.2) is 22.9 Å². The van der Waals surface area contributed by atoms with E-state index in [0.29, 0.717) is 56.6 Å². The molecule has 302 valence electrons. The van der Waals surface area contributed by atoms with Crippen molar-refractivity contribution in [2.24, 2.45) is 0 Å². The zero-order valence-electron chi connectivity index (χ0n) is 33.9. The van der Waals surface area contributed by atoms with Gasteiger partial charge in [0.2, 0.25) is 0 Å². The van der Waals surface area contributed by atoms with Crippen molar-refractivity contribution in [2.45, 2.75) is 76.0 Å². The molecule has 0 saturated heterocycles. The molecule has 0 aliphatic heterocycles. The molecule has 0 aliphatic rings. The number of rotatable bonds is 9. The summed E-state index contributed by atoms with van der Waals surface area (Å²) in [4.78, 5) is 10.4. The van der Waals surface area contributed by atoms with Gasteiger partial charge in [0, 0.05) is 44.1 Å². The van der Waals surface area contributed by atoms with Gasteiger partial charge in [0.25, 0.3) is 20.0 Å². The zero-order chi connectivity index (χ0) is 42.1. The number of hydrogen-bond donors (Lipinski definition) is 3. The summed E-state index contributed by atoms with van der Waals surface area (Å²) in [5.41, 5.74) is 6.48. The van der Waals surface area contributed by atoms with E-state index in [1.54, 1.807) is 120 Å². The molecular weight excluding hydrogens is 785 g/mol. The maximum Gasteiger partial charge on any atom is 0.262 e. The molecule has 0 saturated carbocycles. The lowest BCUT2D eigenvalue weighted by Gasteiger charge is -2.18. The Morgan fingerprint density at radius 2 is 1.07 bits per heavy atom. The fourth-order valence-corrected chi connectivity index (χ4v) is 9.55. The SMILES string of the molecule is Cc1ccccc1S(=O)(=O)Nc1ccc(-c2nc3/c(=C\c4c(C(C)(C)C)[nH]n5nc(-c6ccc(NS(=O)(=O)c7ccccc7C)cc6)nc45)c(C(C)(C)C)nn3n2)cc1. The Morgan fingerprint density at radius 1 is 0.593 bits per heavy atom. The third kappa shape index (κ3) is 7.56. The van der Waals surface area contributed by atoms with E-state index < -0.39 is 20.0 Å². The van der Waals surface area contributed by atoms with Gasteiger partial charge in [-0.25, -0.2) is 26.8 Å². The fourth-order valence-electron chi connectivity index (χ4n) is 6.93. The van der Waals surface area contributed by atoms with Gasteiger partial charge in [-0.05, 0) is 91.7 Å². The van der Waals surface area contributed by atoms with Crippen molar-refractivity contribution in [3.63, 3.8) is 0 Å². The highest BCUT2D eigenvalue weighted by molar-refractivity contribution is 7.93. The summed E-state index contributed by atoms with van der Waals surface area (Å²) >= 11 is 0. The van der Waals surface area contributed by atoms with Crippen LogP contribution in [0.4, 0.5) is 11.4 Å². The summed E-state index contributed by atoms with van der Waals surface area (Å²) in [7, 11) is -7.56. The van der Waals surface area contributed by atoms with Crippen molar-refractivity contribution in [1.29, 1.82) is 0 Å². The third-order valence-corrected chi connectivity index (χ3v) is 13.0. The van der Waals surface area contributed by atoms with Gasteiger partial charge in [-0.3, -0.25) is 14.5 Å². The minimum atomic E-state index is -3.78. The van der Waals surface area contributed by atoms with Crippen molar-refractivity contribution >= 4 is 48.8 Å². The van der Waals surface area contributed by atoms with Gasteiger partial charge in [-0.1, -0.05) is 77.9 Å². The van der Waals surface area contributed by atoms with Crippen molar-refractivity contribution in [1.82, 2.24) is 39.6 Å². The highest BCUT2D eigenvalue weighted by Gasteiger charge is 2.28. The topological polar surface area (TPSA) is 181 Å². The third-order valence-electron chi connectivity index (χ3n) is 9.92. The van der Waals surface area contributed by atoms with Gasteiger partial charge in [-0.15, -0.1) is 14.8 Å². The monoisotopic (exact) mass is 828 g/mol. The first-order valence-electron chi connectivity index (χ1n) is 18.9. The predicted molar refractivity (Wildman–Crippen MR) is 229 cm³/mol. The van der Waals surface area contributed by atoms with E-state index in [4.69, 9.17) is 25.3 Å². The average molecular weight is 829 g/mol. The molecule has 4 heterocycles. The lowest BCUT2D eigenvalue weighted by molar-refractivity contribution is 0.553. The molecule has 0 radical (unpaired) electrons. The molecule has 0 bridgehead atoms. The predicted octanol–water partition coefficient (Wildman–Crippen LogP) is 7.19. The number of H-pyrrole nitrogens is 1. The van der Waals surface area contributed by atoms with Crippen LogP contribution in [0.1, 0.15) is 69.6 Å². The van der Waals surface area contributed by atoms with Crippen LogP contribution in [0.2, 0.25) is 0 Å². The quantitative estimate of drug-likeness (QED) is 0.136. The van der Waals surface area contributed by atoms with Crippen LogP contribution in [0.25, 0.3) is 40.1 Å². The Morgan fingerprint density at radius 3 is 1.54 bits per heavy atom. The second-order valence-electron chi connectivity index (χ2n) is 16.6. The smallest absolute Gasteiger partial charge is 0.262 e. The lowest BCUT2D eigenvalue weighted by atomic mass is 9.88. The van der Waals surface area contributed by atoms with Crippen LogP contribution in [-0.4, -0.2) is 56.5 Å². The van der Waals surface area contributed by atoms with E-state index in [9.17, 15) is 16.8 Å². The summed E-state index contributed by atoms with van der Waals surface area (Å²) < 4.78 is 60.9. The van der Waals surface area contributed by atoms with Crippen LogP contribution < -0.4 is 14.7 Å². The molecule has 8 rings (SSSR count). The number of aromatic nitrogens is 8. The maximum absolute atomic E-state index is 13.1. The minimum absolute atomic E-state index is 0.218. The molecule has 0 amide bonds. The Bertz CT molecular complexity index is 3170. The first-order chi connectivity index (χ1) is 27.8. The van der Waals surface area contributed by atoms with Crippen LogP contribution in [-0.2, 0) is 30.9 Å². The molecule has 0 unspecified atom stereocenters. The molecule has 0 spiro atoms. The molecule has 0 aliphatic carbocycles. The number of sulfonamides is 2. The number of nitrogens with one attached hydrogen (secondary N) is 3. The molecule has 4 aromatic heterocycles. The average Bonchev–Trinajstić information content (AvgIpc) is 3.93. The van der Waals surface area contributed by atoms with E-state index in [1.165, 1.54) is 0 Å². The number of aromatic amines is 1. The summed E-state index contributed by atoms with van der Waals surface area (Å²) in [6.45, 7) is 16.1. The van der Waals surface area contributed by atoms with Crippen molar-refractivity contribution in [3.05, 3.63) is 130 Å². The van der Waals surface area contributed by atoms with Gasteiger partial charge in [-0.2, -0.15) is 9.73 Å². The standard InChI is InChI=1S/C43H44N10O4S2/c1-26-13-9-11-15-34(26)58(54,55)50-30-21-17-28(18-22-30)38-44-40-32(36(42(3,4)5)46-52(40)48-38)25-33-37(43(6,7)8)47-53-41(33)45-39(49-53)29-19-23-31(24-20-29)51-59(56,57)35-16-12-10-14-27(35)2/h9-25,46,50-51H,1-8H3/b33-25-. The van der Waals surface area contributed by atoms with E-state index in [1.807, 2.05) is 6.08 Å². The van der Waals surface area contributed by atoms with E-state index in [2.05, 4.69) is 56.1 Å². The molecule has 0 fully saturated rings. The fraction of sp³-hybridized carbons (Fsp3) is 0.233. The maximum atomic E-state index is 13.1. The molecule has 0 atom stereocenters. The lowest BCUT2D eigenvalue weighted by Crippen LogP contribution is -2.22. The van der Waals surface area contributed by atoms with Crippen molar-refractivity contribution in [3.8, 4) is 22.8 Å². The van der Waals surface area contributed by atoms with Gasteiger partial charge < -0.3 is 0 Å². The van der Waals surface area contributed by atoms with E-state index >= 15 is 0 Å². The zero-order valence-corrected chi connectivity index (χ0v) is 35.5. The molecule has 16 heteroatoms. The number of fused-ring (bicyclic) bond motifs is 2. The van der Waals surface area contributed by atoms with Crippen LogP contribution >= 0.6 is 0 Å². The molecule has 8 aromatic rings. The Labute approximate surface area is 342 Å². The first-order valence-corrected chi connectivity index (χ1v) is 21.9. The largest absolute Gasteiger partial charge is 0.280 e. The van der Waals surface area contributed by atoms with Crippen LogP contribution in [0.5, 0.6) is 0 Å². The molecule has 14 nitrogen and oxygen atoms in total. The highest BCUT2D eigenvalue weighted by atomic mass is 32.2. The Hall–Kier alpha value is -6.39. The summed E-state index contributed by atoms with van der Waals surface area (Å²) in [5, 5.41) is 18.7. The molecular formula is C43H44N10O4S2. The highest BCUT2D eigenvalue weighted by Crippen LogP contribution is 2.31. The van der Waals surface area contributed by atoms with Crippen LogP contribution in [0.15, 0.2) is 107 Å². The number of benzene rings is 4. The van der Waals surface area contributed by atoms with Crippen LogP contribution in [0, 0.1) is 13.8 Å². The van der Waals surface area contributed by atoms with Gasteiger partial charge in [0.1, 0.15) is 0 Å². The molecule has 59 heavy (non-hydrogen) atoms. The minimum Gasteiger partial charge on any atom is -0.280 e. The molecule has 3 N–H and O–H groups in total. The van der Waals surface area contributed by atoms with Gasteiger partial charge in [0.05, 0.1) is 21.2 Å². The van der Waals surface area contributed by atoms with E-state index in [0.717, 1.165) is 22.2 Å². The Kier molecular flexibility index (Phi) is 9.47. The summed E-state index contributed by atoms with van der Waals surface area (Å²) in [5.74, 6) is 0.886. The number of nitrogens with zero attached hydrogens (tertiary/aromatic N) is 7. The van der Waals surface area contributed by atoms with Crippen molar-refractivity contribution < 1.29 is 16.8 Å². The summed E-state index contributed by atoms with van der Waals surface area (Å²) in [6, 6.07) is 27.5. The first kappa shape index (κ1) is 39.4. The molecule has 4 aromatic carbocycles. The van der Waals surface area contributed by atoms with Crippen molar-refractivity contribution in [2.75, 3.05) is 9.44 Å².